The maximum atomic E-state index is 12.7. The smallest absolute Gasteiger partial charge is 0.273 e. The molecule has 32 heavy (non-hydrogen) atoms. The lowest BCUT2D eigenvalue weighted by Crippen LogP contribution is -2.21. The van der Waals surface area contributed by atoms with Crippen molar-refractivity contribution in [1.29, 1.82) is 0 Å². The largest absolute Gasteiger partial charge is 0.490 e. The van der Waals surface area contributed by atoms with E-state index in [2.05, 4.69) is 21.8 Å². The Labute approximate surface area is 191 Å². The fraction of sp³-hybridized carbons (Fsp3) is 0.0435. The maximum Gasteiger partial charge on any atom is 0.273 e. The zero-order chi connectivity index (χ0) is 23.0. The van der Waals surface area contributed by atoms with E-state index in [1.54, 1.807) is 42.5 Å². The molecule has 164 valence electrons. The Morgan fingerprint density at radius 2 is 1.81 bits per heavy atom. The van der Waals surface area contributed by atoms with E-state index in [1.807, 2.05) is 0 Å². The zero-order valence-electron chi connectivity index (χ0n) is 16.9. The molecule has 9 heteroatoms. The first-order valence-electron chi connectivity index (χ1n) is 9.43. The van der Waals surface area contributed by atoms with Gasteiger partial charge < -0.3 is 4.74 Å². The number of ether oxygens (including phenoxy) is 1. The van der Waals surface area contributed by atoms with E-state index in [0.29, 0.717) is 22.9 Å². The molecule has 0 aliphatic carbocycles. The number of hydrazone groups is 1. The number of halogens is 1. The van der Waals surface area contributed by atoms with Gasteiger partial charge in [0.1, 0.15) is 12.4 Å². The molecule has 0 spiro atoms. The number of nitrogens with zero attached hydrogens (tertiary/aromatic N) is 1. The Kier molecular flexibility index (Phi) is 7.64. The number of carbonyl (C=O) groups excluding carboxylic acids is 1. The first kappa shape index (κ1) is 23.1. The Morgan fingerprint density at radius 3 is 2.56 bits per heavy atom. The molecule has 0 aromatic heterocycles. The Morgan fingerprint density at radius 1 is 1.06 bits per heavy atom. The number of hydrogen-bond donors (Lipinski definition) is 2. The molecule has 3 rings (SSSR count). The molecule has 0 saturated carbocycles. The molecule has 7 nitrogen and oxygen atoms in total. The Hall–Kier alpha value is -3.62. The summed E-state index contributed by atoms with van der Waals surface area (Å²) in [5, 5.41) is 4.37. The Bertz CT molecular complexity index is 1240. The van der Waals surface area contributed by atoms with Gasteiger partial charge in [0.2, 0.25) is 0 Å². The van der Waals surface area contributed by atoms with E-state index in [4.69, 9.17) is 16.3 Å². The molecule has 3 aromatic carbocycles. The van der Waals surface area contributed by atoms with E-state index in [1.165, 1.54) is 42.6 Å². The van der Waals surface area contributed by atoms with Crippen LogP contribution in [0, 0.1) is 0 Å². The van der Waals surface area contributed by atoms with Gasteiger partial charge in [-0.1, -0.05) is 48.5 Å². The Balaban J connectivity index is 1.72. The number of sulfonamides is 1. The number of benzene rings is 3. The average molecular weight is 470 g/mol. The van der Waals surface area contributed by atoms with Crippen LogP contribution in [-0.2, 0) is 10.0 Å². The summed E-state index contributed by atoms with van der Waals surface area (Å²) in [4.78, 5) is 12.6. The molecule has 2 N–H and O–H groups in total. The SMILES string of the molecule is C=CCOc1cccc(/C=N\NC(=O)c2ccccc2NS(=O)(=O)c2ccc(Cl)cc2)c1. The number of anilines is 1. The highest BCUT2D eigenvalue weighted by molar-refractivity contribution is 7.92. The molecule has 0 saturated heterocycles. The quantitative estimate of drug-likeness (QED) is 0.274. The molecular formula is C23H20ClN3O4S. The lowest BCUT2D eigenvalue weighted by atomic mass is 10.2. The van der Waals surface area contributed by atoms with Gasteiger partial charge in [-0.15, -0.1) is 0 Å². The van der Waals surface area contributed by atoms with E-state index in [-0.39, 0.29) is 16.1 Å². The van der Waals surface area contributed by atoms with Crippen LogP contribution in [-0.4, -0.2) is 27.1 Å². The number of carbonyl (C=O) groups is 1. The minimum absolute atomic E-state index is 0.0219. The number of hydrogen-bond acceptors (Lipinski definition) is 5. The predicted molar refractivity (Wildman–Crippen MR) is 126 cm³/mol. The van der Waals surface area contributed by atoms with Crippen molar-refractivity contribution in [2.24, 2.45) is 5.10 Å². The first-order valence-corrected chi connectivity index (χ1v) is 11.3. The molecule has 0 fully saturated rings. The molecule has 0 unspecified atom stereocenters. The highest BCUT2D eigenvalue weighted by atomic mass is 35.5. The summed E-state index contributed by atoms with van der Waals surface area (Å²) in [6.45, 7) is 3.97. The second-order valence-corrected chi connectivity index (χ2v) is 8.60. The van der Waals surface area contributed by atoms with Crippen molar-refractivity contribution in [3.05, 3.63) is 102 Å². The summed E-state index contributed by atoms with van der Waals surface area (Å²) < 4.78 is 33.2. The zero-order valence-corrected chi connectivity index (χ0v) is 18.4. The minimum atomic E-state index is -3.91. The number of nitrogens with one attached hydrogen (secondary N) is 2. The van der Waals surface area contributed by atoms with Gasteiger partial charge in [0.05, 0.1) is 22.4 Å². The van der Waals surface area contributed by atoms with Crippen molar-refractivity contribution in [2.75, 3.05) is 11.3 Å². The standard InChI is InChI=1S/C23H20ClN3O4S/c1-2-14-31-19-7-5-6-17(15-19)16-25-26-23(28)21-8-3-4-9-22(21)27-32(29,30)20-12-10-18(24)11-13-20/h2-13,15-16,27H,1,14H2,(H,26,28)/b25-16-. The third-order valence-corrected chi connectivity index (χ3v) is 5.78. The molecule has 3 aromatic rings. The molecule has 1 amide bonds. The molecule has 0 radical (unpaired) electrons. The summed E-state index contributed by atoms with van der Waals surface area (Å²) in [6, 6.07) is 19.1. The van der Waals surface area contributed by atoms with Crippen LogP contribution in [0.2, 0.25) is 5.02 Å². The third kappa shape index (κ3) is 6.19. The summed E-state index contributed by atoms with van der Waals surface area (Å²) in [7, 11) is -3.91. The van der Waals surface area contributed by atoms with Crippen molar-refractivity contribution < 1.29 is 17.9 Å². The number of para-hydroxylation sites is 1. The number of amides is 1. The fourth-order valence-corrected chi connectivity index (χ4v) is 3.86. The van der Waals surface area contributed by atoms with Crippen LogP contribution < -0.4 is 14.9 Å². The van der Waals surface area contributed by atoms with Crippen molar-refractivity contribution in [3.63, 3.8) is 0 Å². The van der Waals surface area contributed by atoms with Gasteiger partial charge in [-0.25, -0.2) is 13.8 Å². The normalized spacial score (nSPS) is 11.2. The number of rotatable bonds is 9. The summed E-state index contributed by atoms with van der Waals surface area (Å²) in [5.74, 6) is 0.0665. The summed E-state index contributed by atoms with van der Waals surface area (Å²) >= 11 is 5.82. The first-order chi connectivity index (χ1) is 15.4. The molecule has 0 heterocycles. The lowest BCUT2D eigenvalue weighted by Gasteiger charge is -2.11. The van der Waals surface area contributed by atoms with Gasteiger partial charge in [-0.3, -0.25) is 9.52 Å². The van der Waals surface area contributed by atoms with Crippen LogP contribution in [0.1, 0.15) is 15.9 Å². The third-order valence-electron chi connectivity index (χ3n) is 4.15. The molecule has 0 bridgehead atoms. The van der Waals surface area contributed by atoms with E-state index in [9.17, 15) is 13.2 Å². The van der Waals surface area contributed by atoms with Crippen molar-refractivity contribution in [1.82, 2.24) is 5.43 Å². The van der Waals surface area contributed by atoms with E-state index >= 15 is 0 Å². The van der Waals surface area contributed by atoms with Gasteiger partial charge in [0.15, 0.2) is 0 Å². The maximum absolute atomic E-state index is 12.7. The van der Waals surface area contributed by atoms with Gasteiger partial charge >= 0.3 is 0 Å². The van der Waals surface area contributed by atoms with Gasteiger partial charge in [-0.05, 0) is 54.1 Å². The van der Waals surface area contributed by atoms with E-state index in [0.717, 1.165) is 0 Å². The van der Waals surface area contributed by atoms with Gasteiger partial charge in [-0.2, -0.15) is 5.10 Å². The molecule has 0 aliphatic rings. The summed E-state index contributed by atoms with van der Waals surface area (Å²) in [6.07, 6.45) is 3.10. The van der Waals surface area contributed by atoms with Crippen LogP contribution in [0.3, 0.4) is 0 Å². The van der Waals surface area contributed by atoms with Crippen LogP contribution in [0.25, 0.3) is 0 Å². The second-order valence-electron chi connectivity index (χ2n) is 6.48. The van der Waals surface area contributed by atoms with Crippen molar-refractivity contribution in [3.8, 4) is 5.75 Å². The molecule has 0 aliphatic heterocycles. The van der Waals surface area contributed by atoms with Gasteiger partial charge in [0.25, 0.3) is 15.9 Å². The van der Waals surface area contributed by atoms with E-state index < -0.39 is 15.9 Å². The highest BCUT2D eigenvalue weighted by Gasteiger charge is 2.18. The van der Waals surface area contributed by atoms with Gasteiger partial charge in [0, 0.05) is 5.02 Å². The second kappa shape index (κ2) is 10.6. The van der Waals surface area contributed by atoms with Crippen molar-refractivity contribution >= 4 is 39.4 Å². The lowest BCUT2D eigenvalue weighted by molar-refractivity contribution is 0.0956. The van der Waals surface area contributed by atoms with Crippen LogP contribution in [0.4, 0.5) is 5.69 Å². The topological polar surface area (TPSA) is 96.9 Å². The van der Waals surface area contributed by atoms with Crippen LogP contribution in [0.15, 0.2) is 95.4 Å². The minimum Gasteiger partial charge on any atom is -0.490 e. The summed E-state index contributed by atoms with van der Waals surface area (Å²) in [5.41, 5.74) is 3.35. The van der Waals surface area contributed by atoms with Crippen molar-refractivity contribution in [2.45, 2.75) is 4.90 Å². The molecular weight excluding hydrogens is 450 g/mol. The predicted octanol–water partition coefficient (Wildman–Crippen LogP) is 4.47. The van der Waals surface area contributed by atoms with Crippen LogP contribution >= 0.6 is 11.6 Å². The molecule has 0 atom stereocenters. The average Bonchev–Trinajstić information content (AvgIpc) is 2.78. The van der Waals surface area contributed by atoms with Crippen LogP contribution in [0.5, 0.6) is 5.75 Å². The monoisotopic (exact) mass is 469 g/mol. The highest BCUT2D eigenvalue weighted by Crippen LogP contribution is 2.21. The fourth-order valence-electron chi connectivity index (χ4n) is 2.65.